The van der Waals surface area contributed by atoms with Gasteiger partial charge in [0.25, 0.3) is 0 Å². The Labute approximate surface area is 102 Å². The van der Waals surface area contributed by atoms with Crippen LogP contribution in [0.5, 0.6) is 0 Å². The van der Waals surface area contributed by atoms with Gasteiger partial charge in [-0.15, -0.1) is 0 Å². The van der Waals surface area contributed by atoms with Gasteiger partial charge < -0.3 is 10.2 Å². The van der Waals surface area contributed by atoms with Crippen LogP contribution >= 0.6 is 0 Å². The predicted molar refractivity (Wildman–Crippen MR) is 65.5 cm³/mol. The number of amides is 1. The summed E-state index contributed by atoms with van der Waals surface area (Å²) in [7, 11) is -2.94. The normalized spacial score (nSPS) is 33.4. The van der Waals surface area contributed by atoms with E-state index in [2.05, 4.69) is 5.32 Å². The minimum absolute atomic E-state index is 0.0621. The maximum atomic E-state index is 12.4. The van der Waals surface area contributed by atoms with Gasteiger partial charge in [0, 0.05) is 13.1 Å². The second-order valence-electron chi connectivity index (χ2n) is 5.16. The molecule has 1 unspecified atom stereocenters. The van der Waals surface area contributed by atoms with Gasteiger partial charge in [-0.2, -0.15) is 0 Å². The molecule has 0 spiro atoms. The zero-order valence-electron chi connectivity index (χ0n) is 10.2. The quantitative estimate of drug-likeness (QED) is 0.707. The van der Waals surface area contributed by atoms with Crippen LogP contribution in [0.2, 0.25) is 0 Å². The van der Waals surface area contributed by atoms with Crippen LogP contribution < -0.4 is 5.32 Å². The van der Waals surface area contributed by atoms with Crippen LogP contribution in [-0.2, 0) is 14.6 Å². The lowest BCUT2D eigenvalue weighted by Gasteiger charge is -2.30. The highest BCUT2D eigenvalue weighted by Crippen LogP contribution is 2.22. The smallest absolute Gasteiger partial charge is 0.242 e. The fourth-order valence-electron chi connectivity index (χ4n) is 2.57. The summed E-state index contributed by atoms with van der Waals surface area (Å²) in [6, 6.07) is 0. The molecule has 17 heavy (non-hydrogen) atoms. The van der Waals surface area contributed by atoms with Crippen molar-refractivity contribution in [2.24, 2.45) is 0 Å². The summed E-state index contributed by atoms with van der Waals surface area (Å²) in [6.45, 7) is 3.70. The first-order valence-electron chi connectivity index (χ1n) is 6.18. The van der Waals surface area contributed by atoms with Crippen molar-refractivity contribution in [3.8, 4) is 0 Å². The van der Waals surface area contributed by atoms with Crippen LogP contribution in [0.1, 0.15) is 26.2 Å². The van der Waals surface area contributed by atoms with E-state index < -0.39 is 15.4 Å². The molecule has 98 valence electrons. The van der Waals surface area contributed by atoms with Crippen molar-refractivity contribution in [3.05, 3.63) is 0 Å². The Kier molecular flexibility index (Phi) is 3.45. The van der Waals surface area contributed by atoms with Crippen molar-refractivity contribution in [2.75, 3.05) is 31.1 Å². The maximum Gasteiger partial charge on any atom is 0.242 e. The lowest BCUT2D eigenvalue weighted by molar-refractivity contribution is -0.136. The Morgan fingerprint density at radius 3 is 2.65 bits per heavy atom. The van der Waals surface area contributed by atoms with Gasteiger partial charge in [0.05, 0.1) is 17.0 Å². The Hall–Kier alpha value is -0.620. The molecule has 0 bridgehead atoms. The van der Waals surface area contributed by atoms with Gasteiger partial charge in [0.15, 0.2) is 9.84 Å². The van der Waals surface area contributed by atoms with Gasteiger partial charge in [-0.1, -0.05) is 0 Å². The predicted octanol–water partition coefficient (Wildman–Crippen LogP) is -0.224. The average Bonchev–Trinajstić information content (AvgIpc) is 2.62. The Bertz CT molecular complexity index is 399. The topological polar surface area (TPSA) is 66.5 Å². The zero-order chi connectivity index (χ0) is 12.5. The van der Waals surface area contributed by atoms with E-state index in [1.54, 1.807) is 4.90 Å². The van der Waals surface area contributed by atoms with Crippen molar-refractivity contribution in [1.29, 1.82) is 0 Å². The van der Waals surface area contributed by atoms with Gasteiger partial charge >= 0.3 is 0 Å². The second kappa shape index (κ2) is 4.57. The molecule has 2 saturated heterocycles. The monoisotopic (exact) mass is 260 g/mol. The minimum atomic E-state index is -2.94. The van der Waals surface area contributed by atoms with Crippen molar-refractivity contribution in [2.45, 2.75) is 31.7 Å². The Morgan fingerprint density at radius 2 is 2.00 bits per heavy atom. The van der Waals surface area contributed by atoms with Gasteiger partial charge in [-0.3, -0.25) is 4.79 Å². The van der Waals surface area contributed by atoms with E-state index in [4.69, 9.17) is 0 Å². The number of nitrogens with one attached hydrogen (secondary N) is 1. The van der Waals surface area contributed by atoms with E-state index in [0.717, 1.165) is 19.4 Å². The molecule has 1 atom stereocenters. The molecule has 2 aliphatic rings. The van der Waals surface area contributed by atoms with Gasteiger partial charge in [0.2, 0.25) is 5.91 Å². The summed E-state index contributed by atoms with van der Waals surface area (Å²) in [5.41, 5.74) is -0.478. The summed E-state index contributed by atoms with van der Waals surface area (Å²) in [5, 5.41) is 3.23. The molecule has 0 radical (unpaired) electrons. The summed E-state index contributed by atoms with van der Waals surface area (Å²) < 4.78 is 23.0. The first-order valence-corrected chi connectivity index (χ1v) is 8.00. The molecule has 2 fully saturated rings. The Morgan fingerprint density at radius 1 is 1.24 bits per heavy atom. The fraction of sp³-hybridized carbons (Fsp3) is 0.909. The molecular weight excluding hydrogens is 240 g/mol. The van der Waals surface area contributed by atoms with E-state index in [1.807, 2.05) is 6.92 Å². The summed E-state index contributed by atoms with van der Waals surface area (Å²) >= 11 is 0. The molecule has 2 aliphatic heterocycles. The van der Waals surface area contributed by atoms with Crippen LogP contribution in [0.25, 0.3) is 0 Å². The van der Waals surface area contributed by atoms with Crippen molar-refractivity contribution in [1.82, 2.24) is 10.2 Å². The lowest BCUT2D eigenvalue weighted by Crippen LogP contribution is -2.53. The number of carbonyl (C=O) groups excluding carboxylic acids is 1. The number of sulfone groups is 1. The third-order valence-corrected chi connectivity index (χ3v) is 5.40. The number of rotatable bonds is 1. The standard InChI is InChI=1S/C11H20N2O3S/c1-11(4-2-5-12-11)10(14)13-6-3-8-17(15,16)9-7-13/h12H,2-9H2,1H3. The molecule has 0 aromatic rings. The summed E-state index contributed by atoms with van der Waals surface area (Å²) in [5.74, 6) is 0.377. The first-order chi connectivity index (χ1) is 7.93. The van der Waals surface area contributed by atoms with Gasteiger partial charge in [0.1, 0.15) is 0 Å². The first kappa shape index (κ1) is 12.8. The number of hydrogen-bond acceptors (Lipinski definition) is 4. The van der Waals surface area contributed by atoms with E-state index >= 15 is 0 Å². The molecule has 6 heteroatoms. The van der Waals surface area contributed by atoms with Crippen molar-refractivity contribution < 1.29 is 13.2 Å². The zero-order valence-corrected chi connectivity index (χ0v) is 11.1. The van der Waals surface area contributed by atoms with Crippen molar-refractivity contribution in [3.63, 3.8) is 0 Å². The van der Waals surface area contributed by atoms with Gasteiger partial charge in [-0.05, 0) is 32.7 Å². The van der Waals surface area contributed by atoms with Gasteiger partial charge in [-0.25, -0.2) is 8.42 Å². The van der Waals surface area contributed by atoms with Crippen LogP contribution in [0.3, 0.4) is 0 Å². The summed E-state index contributed by atoms with van der Waals surface area (Å²) in [4.78, 5) is 14.1. The highest BCUT2D eigenvalue weighted by Gasteiger charge is 2.39. The molecule has 0 aromatic heterocycles. The second-order valence-corrected chi connectivity index (χ2v) is 7.46. The summed E-state index contributed by atoms with van der Waals surface area (Å²) in [6.07, 6.45) is 2.41. The van der Waals surface area contributed by atoms with Crippen LogP contribution in [0.4, 0.5) is 0 Å². The third-order valence-electron chi connectivity index (χ3n) is 3.68. The Balaban J connectivity index is 2.05. The fourth-order valence-corrected chi connectivity index (χ4v) is 3.84. The van der Waals surface area contributed by atoms with Crippen molar-refractivity contribution >= 4 is 15.7 Å². The molecule has 0 saturated carbocycles. The lowest BCUT2D eigenvalue weighted by atomic mass is 9.98. The molecule has 1 N–H and O–H groups in total. The van der Waals surface area contributed by atoms with Crippen LogP contribution in [0.15, 0.2) is 0 Å². The molecule has 0 aliphatic carbocycles. The molecule has 1 amide bonds. The van der Waals surface area contributed by atoms with E-state index in [0.29, 0.717) is 19.5 Å². The largest absolute Gasteiger partial charge is 0.340 e. The van der Waals surface area contributed by atoms with E-state index in [-0.39, 0.29) is 17.4 Å². The third kappa shape index (κ3) is 2.80. The molecule has 5 nitrogen and oxygen atoms in total. The molecule has 2 heterocycles. The molecule has 2 rings (SSSR count). The maximum absolute atomic E-state index is 12.4. The SMILES string of the molecule is CC1(C(=O)N2CCCS(=O)(=O)CC2)CCCN1. The number of carbonyl (C=O) groups is 1. The number of hydrogen-bond donors (Lipinski definition) is 1. The molecule has 0 aromatic carbocycles. The van der Waals surface area contributed by atoms with Crippen LogP contribution in [-0.4, -0.2) is 55.9 Å². The minimum Gasteiger partial charge on any atom is -0.340 e. The van der Waals surface area contributed by atoms with E-state index in [1.165, 1.54) is 0 Å². The number of nitrogens with zero attached hydrogens (tertiary/aromatic N) is 1. The highest BCUT2D eigenvalue weighted by molar-refractivity contribution is 7.91. The molecular formula is C11H20N2O3S. The van der Waals surface area contributed by atoms with Crippen LogP contribution in [0, 0.1) is 0 Å². The average molecular weight is 260 g/mol. The van der Waals surface area contributed by atoms with E-state index in [9.17, 15) is 13.2 Å². The highest BCUT2D eigenvalue weighted by atomic mass is 32.2.